The molecule has 0 atom stereocenters. The van der Waals surface area contributed by atoms with Crippen LogP contribution in [0.25, 0.3) is 0 Å². The molecule has 0 saturated heterocycles. The molecule has 0 fully saturated rings. The van der Waals surface area contributed by atoms with Crippen LogP contribution in [0.3, 0.4) is 0 Å². The van der Waals surface area contributed by atoms with E-state index in [-0.39, 0.29) is 10.8 Å². The summed E-state index contributed by atoms with van der Waals surface area (Å²) in [6.07, 6.45) is -2.16. The van der Waals surface area contributed by atoms with E-state index in [0.29, 0.717) is 15.4 Å². The first-order valence-corrected chi connectivity index (χ1v) is 7.30. The van der Waals surface area contributed by atoms with Gasteiger partial charge in [0.1, 0.15) is 16.5 Å². The summed E-state index contributed by atoms with van der Waals surface area (Å²) >= 11 is 9.95. The lowest BCUT2D eigenvalue weighted by atomic mass is 10.3. The van der Waals surface area contributed by atoms with E-state index in [0.717, 1.165) is 18.1 Å². The summed E-state index contributed by atoms with van der Waals surface area (Å²) in [5, 5.41) is 0.284. The molecular formula is C11H6BrClF3N3OS. The average molecular weight is 401 g/mol. The number of nitrogens with one attached hydrogen (secondary N) is 2. The number of pyridine rings is 2. The highest BCUT2D eigenvalue weighted by molar-refractivity contribution is 9.10. The summed E-state index contributed by atoms with van der Waals surface area (Å²) in [7, 11) is 0. The minimum Gasteiger partial charge on any atom is -0.356 e. The number of hydrogen-bond donors (Lipinski definition) is 2. The molecule has 0 aliphatic heterocycles. The standard InChI is InChI=1S/C11H6BrClF3N3OS/c12-6-1-5(3-18-10(6)13)21-19-7-4-17-9(2-8(7)20)11(14,15)16/h1-4,19H,(H,17,20). The van der Waals surface area contributed by atoms with Gasteiger partial charge in [-0.05, 0) is 33.9 Å². The Morgan fingerprint density at radius 3 is 2.67 bits per heavy atom. The molecule has 4 nitrogen and oxygen atoms in total. The molecule has 2 rings (SSSR count). The zero-order valence-corrected chi connectivity index (χ0v) is 13.1. The highest BCUT2D eigenvalue weighted by Crippen LogP contribution is 2.28. The van der Waals surface area contributed by atoms with E-state index in [2.05, 4.69) is 25.6 Å². The minimum atomic E-state index is -4.59. The zero-order chi connectivity index (χ0) is 15.6. The quantitative estimate of drug-likeness (QED) is 0.595. The first-order valence-electron chi connectivity index (χ1n) is 5.31. The smallest absolute Gasteiger partial charge is 0.356 e. The number of nitrogens with zero attached hydrogens (tertiary/aromatic N) is 1. The summed E-state index contributed by atoms with van der Waals surface area (Å²) in [4.78, 5) is 18.1. The molecule has 0 aliphatic rings. The third-order valence-corrected chi connectivity index (χ3v) is 4.18. The molecule has 2 heterocycles. The first kappa shape index (κ1) is 16.2. The van der Waals surface area contributed by atoms with Gasteiger partial charge in [0.15, 0.2) is 0 Å². The van der Waals surface area contributed by atoms with E-state index in [9.17, 15) is 18.0 Å². The molecule has 2 aromatic rings. The minimum absolute atomic E-state index is 0.000859. The SMILES string of the molecule is O=c1cc(C(F)(F)F)[nH]cc1NSc1cnc(Cl)c(Br)c1. The molecular weight excluding hydrogens is 395 g/mol. The summed E-state index contributed by atoms with van der Waals surface area (Å²) in [5.41, 5.74) is -1.87. The number of rotatable bonds is 3. The second kappa shape index (κ2) is 6.29. The lowest BCUT2D eigenvalue weighted by Crippen LogP contribution is -2.15. The Hall–Kier alpha value is -1.19. The summed E-state index contributed by atoms with van der Waals surface area (Å²) in [6.45, 7) is 0. The van der Waals surface area contributed by atoms with Gasteiger partial charge >= 0.3 is 6.18 Å². The van der Waals surface area contributed by atoms with Gasteiger partial charge in [-0.25, -0.2) is 4.98 Å². The van der Waals surface area contributed by atoms with E-state index in [1.54, 1.807) is 6.07 Å². The van der Waals surface area contributed by atoms with Crippen LogP contribution in [-0.2, 0) is 6.18 Å². The number of aromatic amines is 1. The van der Waals surface area contributed by atoms with Crippen LogP contribution >= 0.6 is 39.5 Å². The van der Waals surface area contributed by atoms with Crippen LogP contribution in [0.15, 0.2) is 38.7 Å². The van der Waals surface area contributed by atoms with Crippen molar-refractivity contribution in [3.05, 3.63) is 50.1 Å². The van der Waals surface area contributed by atoms with Crippen LogP contribution in [0, 0.1) is 0 Å². The Kier molecular flexibility index (Phi) is 4.84. The third-order valence-electron chi connectivity index (χ3n) is 2.27. The molecule has 21 heavy (non-hydrogen) atoms. The van der Waals surface area contributed by atoms with Crippen molar-refractivity contribution in [1.29, 1.82) is 0 Å². The molecule has 2 N–H and O–H groups in total. The highest BCUT2D eigenvalue weighted by Gasteiger charge is 2.32. The van der Waals surface area contributed by atoms with Gasteiger partial charge in [0.2, 0.25) is 5.43 Å². The Morgan fingerprint density at radius 1 is 1.38 bits per heavy atom. The van der Waals surface area contributed by atoms with Gasteiger partial charge in [-0.3, -0.25) is 4.79 Å². The Morgan fingerprint density at radius 2 is 2.10 bits per heavy atom. The van der Waals surface area contributed by atoms with E-state index in [1.807, 2.05) is 4.98 Å². The predicted octanol–water partition coefficient (Wildman–Crippen LogP) is 4.32. The monoisotopic (exact) mass is 399 g/mol. The molecule has 0 radical (unpaired) electrons. The van der Waals surface area contributed by atoms with Crippen molar-refractivity contribution in [1.82, 2.24) is 9.97 Å². The summed E-state index contributed by atoms with van der Waals surface area (Å²) in [6, 6.07) is 2.16. The molecule has 112 valence electrons. The topological polar surface area (TPSA) is 57.8 Å². The third kappa shape index (κ3) is 4.14. The first-order chi connectivity index (χ1) is 9.77. The Balaban J connectivity index is 2.13. The van der Waals surface area contributed by atoms with Gasteiger partial charge < -0.3 is 9.71 Å². The van der Waals surface area contributed by atoms with Crippen LogP contribution in [0.2, 0.25) is 5.15 Å². The maximum absolute atomic E-state index is 12.4. The fraction of sp³-hybridized carbons (Fsp3) is 0.0909. The lowest BCUT2D eigenvalue weighted by molar-refractivity contribution is -0.141. The number of anilines is 1. The molecule has 0 aliphatic carbocycles. The second-order valence-corrected chi connectivity index (χ2v) is 5.86. The average Bonchev–Trinajstić information content (AvgIpc) is 2.40. The van der Waals surface area contributed by atoms with Gasteiger partial charge in [-0.2, -0.15) is 13.2 Å². The fourth-order valence-corrected chi connectivity index (χ4v) is 2.56. The van der Waals surface area contributed by atoms with Crippen LogP contribution < -0.4 is 10.2 Å². The molecule has 0 unspecified atom stereocenters. The molecule has 10 heteroatoms. The Bertz CT molecular complexity index is 723. The van der Waals surface area contributed by atoms with Crippen LogP contribution in [-0.4, -0.2) is 9.97 Å². The maximum Gasteiger partial charge on any atom is 0.431 e. The number of aromatic nitrogens is 2. The summed E-state index contributed by atoms with van der Waals surface area (Å²) < 4.78 is 40.5. The summed E-state index contributed by atoms with van der Waals surface area (Å²) in [5.74, 6) is 0. The van der Waals surface area contributed by atoms with Crippen LogP contribution in [0.5, 0.6) is 0 Å². The van der Waals surface area contributed by atoms with Crippen molar-refractivity contribution in [2.24, 2.45) is 0 Å². The fourth-order valence-electron chi connectivity index (χ4n) is 1.29. The molecule has 2 aromatic heterocycles. The zero-order valence-electron chi connectivity index (χ0n) is 9.96. The van der Waals surface area contributed by atoms with Crippen molar-refractivity contribution < 1.29 is 13.2 Å². The van der Waals surface area contributed by atoms with E-state index in [1.165, 1.54) is 6.20 Å². The van der Waals surface area contributed by atoms with E-state index >= 15 is 0 Å². The molecule has 0 amide bonds. The Labute approximate surface area is 134 Å². The van der Waals surface area contributed by atoms with Gasteiger partial charge in [0, 0.05) is 23.4 Å². The number of halogens is 5. The molecule has 0 aromatic carbocycles. The van der Waals surface area contributed by atoms with Crippen molar-refractivity contribution >= 4 is 45.2 Å². The van der Waals surface area contributed by atoms with Crippen molar-refractivity contribution in [2.75, 3.05) is 4.72 Å². The van der Waals surface area contributed by atoms with Crippen molar-refractivity contribution in [3.63, 3.8) is 0 Å². The van der Waals surface area contributed by atoms with Gasteiger partial charge in [-0.1, -0.05) is 11.6 Å². The van der Waals surface area contributed by atoms with Crippen molar-refractivity contribution in [3.8, 4) is 0 Å². The molecule has 0 saturated carbocycles. The van der Waals surface area contributed by atoms with Gasteiger partial charge in [0.25, 0.3) is 0 Å². The van der Waals surface area contributed by atoms with E-state index in [4.69, 9.17) is 11.6 Å². The molecule has 0 spiro atoms. The van der Waals surface area contributed by atoms with Gasteiger partial charge in [-0.15, -0.1) is 0 Å². The highest BCUT2D eigenvalue weighted by atomic mass is 79.9. The lowest BCUT2D eigenvalue weighted by Gasteiger charge is -2.08. The normalized spacial score (nSPS) is 11.5. The van der Waals surface area contributed by atoms with E-state index < -0.39 is 17.3 Å². The van der Waals surface area contributed by atoms with Crippen LogP contribution in [0.4, 0.5) is 18.9 Å². The van der Waals surface area contributed by atoms with Gasteiger partial charge in [0.05, 0.1) is 4.47 Å². The molecule has 0 bridgehead atoms. The second-order valence-electron chi connectivity index (χ2n) is 3.77. The maximum atomic E-state index is 12.4. The number of alkyl halides is 3. The largest absolute Gasteiger partial charge is 0.431 e. The predicted molar refractivity (Wildman–Crippen MR) is 78.5 cm³/mol. The van der Waals surface area contributed by atoms with Crippen LogP contribution in [0.1, 0.15) is 5.69 Å². The number of hydrogen-bond acceptors (Lipinski definition) is 4. The van der Waals surface area contributed by atoms with Crippen molar-refractivity contribution in [2.45, 2.75) is 11.1 Å². The number of H-pyrrole nitrogens is 1.